The average Bonchev–Trinajstić information content (AvgIpc) is 2.95. The molecule has 0 aliphatic heterocycles. The molecule has 0 saturated heterocycles. The number of hydrogen-bond acceptors (Lipinski definition) is 5. The van der Waals surface area contributed by atoms with Gasteiger partial charge in [-0.05, 0) is 18.8 Å². The van der Waals surface area contributed by atoms with Crippen molar-refractivity contribution in [3.05, 3.63) is 6.33 Å². The first kappa shape index (κ1) is 19.6. The molecule has 0 radical (unpaired) electrons. The summed E-state index contributed by atoms with van der Waals surface area (Å²) in [6, 6.07) is -0.318. The average molecular weight is 344 g/mol. The van der Waals surface area contributed by atoms with Crippen LogP contribution in [0.5, 0.6) is 0 Å². The number of amides is 1. The maximum absolute atomic E-state index is 12.5. The second-order valence-corrected chi connectivity index (χ2v) is 8.05. The van der Waals surface area contributed by atoms with Gasteiger partial charge in [-0.15, -0.1) is 5.10 Å². The van der Waals surface area contributed by atoms with E-state index in [1.54, 1.807) is 4.90 Å². The van der Waals surface area contributed by atoms with E-state index < -0.39 is 9.84 Å². The molecule has 0 N–H and O–H groups in total. The Morgan fingerprint density at radius 2 is 1.91 bits per heavy atom. The minimum atomic E-state index is -3.54. The number of carbonyl (C=O) groups is 1. The molecule has 1 heterocycles. The zero-order valence-corrected chi connectivity index (χ0v) is 15.3. The van der Waals surface area contributed by atoms with Crippen LogP contribution in [0.1, 0.15) is 53.4 Å². The van der Waals surface area contributed by atoms with Crippen LogP contribution < -0.4 is 0 Å². The third-order valence-corrected chi connectivity index (χ3v) is 5.14. The lowest BCUT2D eigenvalue weighted by atomic mass is 10.2. The standard InChI is InChI=1S/C15H28N4O3S/c1-5-7-8-10-18(9-6-2)15(20)19-12-16-14(17-19)23(21,22)11-13(3)4/h12-13H,5-11H2,1-4H3. The van der Waals surface area contributed by atoms with E-state index in [1.807, 2.05) is 20.8 Å². The van der Waals surface area contributed by atoms with Crippen molar-refractivity contribution in [2.45, 2.75) is 58.5 Å². The molecule has 1 aromatic rings. The number of hydrogen-bond donors (Lipinski definition) is 0. The highest BCUT2D eigenvalue weighted by Crippen LogP contribution is 2.10. The van der Waals surface area contributed by atoms with Crippen LogP contribution in [0, 0.1) is 5.92 Å². The summed E-state index contributed by atoms with van der Waals surface area (Å²) in [7, 11) is -3.54. The Labute approximate surface area is 139 Å². The van der Waals surface area contributed by atoms with Crippen molar-refractivity contribution in [3.63, 3.8) is 0 Å². The van der Waals surface area contributed by atoms with E-state index in [9.17, 15) is 13.2 Å². The minimum absolute atomic E-state index is 0.0201. The van der Waals surface area contributed by atoms with E-state index in [0.717, 1.165) is 30.4 Å². The Morgan fingerprint density at radius 1 is 1.22 bits per heavy atom. The fraction of sp³-hybridized carbons (Fsp3) is 0.800. The fourth-order valence-corrected chi connectivity index (χ4v) is 3.71. The molecule has 0 aliphatic rings. The van der Waals surface area contributed by atoms with Gasteiger partial charge in [0.15, 0.2) is 0 Å². The van der Waals surface area contributed by atoms with Gasteiger partial charge in [-0.2, -0.15) is 4.68 Å². The highest BCUT2D eigenvalue weighted by Gasteiger charge is 2.24. The molecule has 1 rings (SSSR count). The third-order valence-electron chi connectivity index (χ3n) is 3.29. The van der Waals surface area contributed by atoms with Crippen LogP contribution in [0.4, 0.5) is 4.79 Å². The number of sulfone groups is 1. The molecule has 8 heteroatoms. The number of unbranched alkanes of at least 4 members (excludes halogenated alkanes) is 2. The van der Waals surface area contributed by atoms with Crippen molar-refractivity contribution in [2.75, 3.05) is 18.8 Å². The predicted molar refractivity (Wildman–Crippen MR) is 89.1 cm³/mol. The summed E-state index contributed by atoms with van der Waals surface area (Å²) in [4.78, 5) is 18.0. The van der Waals surface area contributed by atoms with Crippen LogP contribution in [-0.2, 0) is 9.84 Å². The summed E-state index contributed by atoms with van der Waals surface area (Å²) >= 11 is 0. The van der Waals surface area contributed by atoms with Gasteiger partial charge < -0.3 is 4.90 Å². The van der Waals surface area contributed by atoms with Gasteiger partial charge in [0, 0.05) is 13.1 Å². The molecular formula is C15H28N4O3S. The molecule has 1 aromatic heterocycles. The summed E-state index contributed by atoms with van der Waals surface area (Å²) in [5, 5.41) is 3.62. The van der Waals surface area contributed by atoms with Gasteiger partial charge in [0.05, 0.1) is 5.75 Å². The van der Waals surface area contributed by atoms with Gasteiger partial charge in [-0.1, -0.05) is 40.5 Å². The molecule has 23 heavy (non-hydrogen) atoms. The Kier molecular flexibility index (Phi) is 7.67. The monoisotopic (exact) mass is 344 g/mol. The fourth-order valence-electron chi connectivity index (χ4n) is 2.27. The number of carbonyl (C=O) groups excluding carboxylic acids is 1. The zero-order valence-electron chi connectivity index (χ0n) is 14.5. The molecule has 132 valence electrons. The van der Waals surface area contributed by atoms with E-state index in [1.165, 1.54) is 6.33 Å². The summed E-state index contributed by atoms with van der Waals surface area (Å²) in [6.45, 7) is 9.01. The van der Waals surface area contributed by atoms with Crippen LogP contribution in [0.2, 0.25) is 0 Å². The molecular weight excluding hydrogens is 316 g/mol. The van der Waals surface area contributed by atoms with Crippen molar-refractivity contribution in [3.8, 4) is 0 Å². The quantitative estimate of drug-likeness (QED) is 0.643. The predicted octanol–water partition coefficient (Wildman–Crippen LogP) is 2.58. The molecule has 0 bridgehead atoms. The lowest BCUT2D eigenvalue weighted by Gasteiger charge is -2.21. The van der Waals surface area contributed by atoms with E-state index in [2.05, 4.69) is 17.0 Å². The van der Waals surface area contributed by atoms with Crippen LogP contribution in [0.3, 0.4) is 0 Å². The summed E-state index contributed by atoms with van der Waals surface area (Å²) in [6.07, 6.45) is 5.09. The highest BCUT2D eigenvalue weighted by molar-refractivity contribution is 7.91. The van der Waals surface area contributed by atoms with E-state index in [4.69, 9.17) is 0 Å². The molecule has 0 aliphatic carbocycles. The summed E-state index contributed by atoms with van der Waals surface area (Å²) < 4.78 is 25.3. The number of aromatic nitrogens is 3. The SMILES string of the molecule is CCCCCN(CCC)C(=O)n1cnc(S(=O)(=O)CC(C)C)n1. The Bertz CT molecular complexity index is 596. The lowest BCUT2D eigenvalue weighted by Crippen LogP contribution is -2.36. The number of nitrogens with zero attached hydrogens (tertiary/aromatic N) is 4. The first-order chi connectivity index (χ1) is 10.8. The molecule has 1 amide bonds. The van der Waals surface area contributed by atoms with E-state index in [-0.39, 0.29) is 22.9 Å². The maximum Gasteiger partial charge on any atom is 0.346 e. The highest BCUT2D eigenvalue weighted by atomic mass is 32.2. The molecule has 0 unspecified atom stereocenters. The smallest absolute Gasteiger partial charge is 0.323 e. The van der Waals surface area contributed by atoms with Crippen molar-refractivity contribution in [1.29, 1.82) is 0 Å². The van der Waals surface area contributed by atoms with Crippen LogP contribution in [0.25, 0.3) is 0 Å². The van der Waals surface area contributed by atoms with Crippen LogP contribution in [0.15, 0.2) is 11.5 Å². The molecule has 0 fully saturated rings. The van der Waals surface area contributed by atoms with Crippen LogP contribution in [-0.4, -0.2) is 53.0 Å². The number of rotatable bonds is 9. The Hall–Kier alpha value is -1.44. The van der Waals surface area contributed by atoms with Crippen molar-refractivity contribution >= 4 is 15.9 Å². The van der Waals surface area contributed by atoms with Crippen molar-refractivity contribution in [1.82, 2.24) is 19.7 Å². The molecule has 0 spiro atoms. The zero-order chi connectivity index (χ0) is 17.5. The molecule has 0 saturated carbocycles. The van der Waals surface area contributed by atoms with Crippen molar-refractivity contribution in [2.24, 2.45) is 5.92 Å². The summed E-state index contributed by atoms with van der Waals surface area (Å²) in [5.41, 5.74) is 0. The third kappa shape index (κ3) is 5.93. The van der Waals surface area contributed by atoms with Gasteiger partial charge in [0.2, 0.25) is 9.84 Å². The Balaban J connectivity index is 2.86. The second-order valence-electron chi connectivity index (χ2n) is 6.12. The largest absolute Gasteiger partial charge is 0.346 e. The van der Waals surface area contributed by atoms with E-state index >= 15 is 0 Å². The van der Waals surface area contributed by atoms with Crippen LogP contribution >= 0.6 is 0 Å². The van der Waals surface area contributed by atoms with Gasteiger partial charge in [0.1, 0.15) is 6.33 Å². The van der Waals surface area contributed by atoms with Gasteiger partial charge >= 0.3 is 6.03 Å². The molecule has 0 atom stereocenters. The minimum Gasteiger partial charge on any atom is -0.323 e. The first-order valence-electron chi connectivity index (χ1n) is 8.25. The lowest BCUT2D eigenvalue weighted by molar-refractivity contribution is 0.194. The maximum atomic E-state index is 12.5. The second kappa shape index (κ2) is 9.00. The van der Waals surface area contributed by atoms with Gasteiger partial charge in [-0.25, -0.2) is 18.2 Å². The molecule has 7 nitrogen and oxygen atoms in total. The van der Waals surface area contributed by atoms with Gasteiger partial charge in [-0.3, -0.25) is 0 Å². The Morgan fingerprint density at radius 3 is 2.48 bits per heavy atom. The normalized spacial score (nSPS) is 11.9. The van der Waals surface area contributed by atoms with E-state index in [0.29, 0.717) is 13.1 Å². The topological polar surface area (TPSA) is 85.2 Å². The summed E-state index contributed by atoms with van der Waals surface area (Å²) in [5.74, 6) is -0.0475. The van der Waals surface area contributed by atoms with Crippen molar-refractivity contribution < 1.29 is 13.2 Å². The molecule has 0 aromatic carbocycles. The van der Waals surface area contributed by atoms with Gasteiger partial charge in [0.25, 0.3) is 5.16 Å². The first-order valence-corrected chi connectivity index (χ1v) is 9.90.